The molecule has 1 aliphatic rings. The minimum absolute atomic E-state index is 0.0315. The molecule has 1 fully saturated rings. The second kappa shape index (κ2) is 7.48. The van der Waals surface area contributed by atoms with Crippen LogP contribution in [0.5, 0.6) is 0 Å². The van der Waals surface area contributed by atoms with E-state index in [-0.39, 0.29) is 17.6 Å². The Hall–Kier alpha value is -1.67. The quantitative estimate of drug-likeness (QED) is 0.492. The molecular weight excluding hydrogens is 346 g/mol. The number of nitrogens with zero attached hydrogens (tertiary/aromatic N) is 2. The van der Waals surface area contributed by atoms with Crippen molar-refractivity contribution in [2.75, 3.05) is 5.75 Å². The van der Waals surface area contributed by atoms with Gasteiger partial charge in [-0.05, 0) is 24.8 Å². The Balaban J connectivity index is 1.58. The monoisotopic (exact) mass is 365 g/mol. The number of hydrogen-bond acceptors (Lipinski definition) is 6. The van der Waals surface area contributed by atoms with Gasteiger partial charge in [-0.25, -0.2) is 4.98 Å². The SMILES string of the molecule is C[C@H]1CCCC[C@@H]1NC(=O)CSc1nc2ccc([N+](=O)[O-])cc2s1. The highest BCUT2D eigenvalue weighted by Crippen LogP contribution is 2.32. The Morgan fingerprint density at radius 2 is 2.25 bits per heavy atom. The van der Waals surface area contributed by atoms with Crippen molar-refractivity contribution in [3.8, 4) is 0 Å². The fourth-order valence-corrected chi connectivity index (χ4v) is 4.89. The van der Waals surface area contributed by atoms with Crippen LogP contribution in [0.4, 0.5) is 5.69 Å². The highest BCUT2D eigenvalue weighted by atomic mass is 32.2. The first-order valence-electron chi connectivity index (χ1n) is 8.00. The first kappa shape index (κ1) is 17.2. The predicted molar refractivity (Wildman–Crippen MR) is 96.6 cm³/mol. The van der Waals surface area contributed by atoms with E-state index in [1.54, 1.807) is 6.07 Å². The first-order chi connectivity index (χ1) is 11.5. The molecule has 1 amide bonds. The lowest BCUT2D eigenvalue weighted by Crippen LogP contribution is -2.41. The van der Waals surface area contributed by atoms with E-state index >= 15 is 0 Å². The maximum Gasteiger partial charge on any atom is 0.270 e. The van der Waals surface area contributed by atoms with Crippen LogP contribution in [-0.4, -0.2) is 27.6 Å². The molecule has 2 atom stereocenters. The van der Waals surface area contributed by atoms with E-state index in [0.29, 0.717) is 11.7 Å². The Morgan fingerprint density at radius 3 is 3.00 bits per heavy atom. The summed E-state index contributed by atoms with van der Waals surface area (Å²) >= 11 is 2.77. The lowest BCUT2D eigenvalue weighted by molar-refractivity contribution is -0.384. The lowest BCUT2D eigenvalue weighted by Gasteiger charge is -2.29. The number of thioether (sulfide) groups is 1. The molecule has 128 valence electrons. The zero-order valence-electron chi connectivity index (χ0n) is 13.4. The van der Waals surface area contributed by atoms with Crippen LogP contribution in [0.2, 0.25) is 0 Å². The number of amides is 1. The normalized spacial score (nSPS) is 20.9. The number of nitro benzene ring substituents is 1. The first-order valence-corrected chi connectivity index (χ1v) is 9.80. The van der Waals surface area contributed by atoms with Crippen molar-refractivity contribution in [3.05, 3.63) is 28.3 Å². The number of fused-ring (bicyclic) bond motifs is 1. The standard InChI is InChI=1S/C16H19N3O3S2/c1-10-4-2-3-5-12(10)17-15(20)9-23-16-18-13-7-6-11(19(21)22)8-14(13)24-16/h6-8,10,12H,2-5,9H2,1H3,(H,17,20)/t10-,12-/m0/s1. The van der Waals surface area contributed by atoms with Crippen molar-refractivity contribution in [3.63, 3.8) is 0 Å². The summed E-state index contributed by atoms with van der Waals surface area (Å²) in [6.07, 6.45) is 4.66. The van der Waals surface area contributed by atoms with Gasteiger partial charge in [0.05, 0.1) is 20.9 Å². The molecule has 2 aromatic rings. The molecule has 1 aliphatic carbocycles. The molecule has 0 radical (unpaired) electrons. The molecule has 0 saturated heterocycles. The molecular formula is C16H19N3O3S2. The van der Waals surface area contributed by atoms with Crippen LogP contribution in [-0.2, 0) is 4.79 Å². The van der Waals surface area contributed by atoms with E-state index in [4.69, 9.17) is 0 Å². The van der Waals surface area contributed by atoms with Gasteiger partial charge in [0.15, 0.2) is 4.34 Å². The number of aromatic nitrogens is 1. The van der Waals surface area contributed by atoms with E-state index in [1.165, 1.54) is 54.5 Å². The summed E-state index contributed by atoms with van der Waals surface area (Å²) in [7, 11) is 0. The minimum Gasteiger partial charge on any atom is -0.352 e. The molecule has 0 bridgehead atoms. The van der Waals surface area contributed by atoms with Crippen LogP contribution in [0.15, 0.2) is 22.5 Å². The molecule has 1 aromatic heterocycles. The molecule has 0 spiro atoms. The number of non-ortho nitro benzene ring substituents is 1. The van der Waals surface area contributed by atoms with Crippen molar-refractivity contribution >= 4 is 44.9 Å². The van der Waals surface area contributed by atoms with Crippen molar-refractivity contribution in [1.29, 1.82) is 0 Å². The van der Waals surface area contributed by atoms with Gasteiger partial charge in [0.2, 0.25) is 5.91 Å². The molecule has 1 heterocycles. The summed E-state index contributed by atoms with van der Waals surface area (Å²) in [6.45, 7) is 2.19. The smallest absolute Gasteiger partial charge is 0.270 e. The van der Waals surface area contributed by atoms with Crippen LogP contribution >= 0.6 is 23.1 Å². The van der Waals surface area contributed by atoms with Crippen LogP contribution in [0.1, 0.15) is 32.6 Å². The maximum absolute atomic E-state index is 12.1. The zero-order valence-corrected chi connectivity index (χ0v) is 15.0. The summed E-state index contributed by atoms with van der Waals surface area (Å²) in [5, 5.41) is 13.9. The zero-order chi connectivity index (χ0) is 17.1. The number of nitro groups is 1. The molecule has 24 heavy (non-hydrogen) atoms. The Morgan fingerprint density at radius 1 is 1.46 bits per heavy atom. The van der Waals surface area contributed by atoms with Gasteiger partial charge in [-0.15, -0.1) is 11.3 Å². The number of rotatable bonds is 5. The molecule has 8 heteroatoms. The Labute approximate surface area is 148 Å². The van der Waals surface area contributed by atoms with Crippen LogP contribution < -0.4 is 5.32 Å². The summed E-state index contributed by atoms with van der Waals surface area (Å²) < 4.78 is 1.53. The molecule has 1 N–H and O–H groups in total. The Kier molecular flexibility index (Phi) is 5.35. The number of hydrogen-bond donors (Lipinski definition) is 1. The fourth-order valence-electron chi connectivity index (χ4n) is 2.97. The second-order valence-electron chi connectivity index (χ2n) is 6.11. The van der Waals surface area contributed by atoms with Gasteiger partial charge in [0, 0.05) is 18.2 Å². The number of carbonyl (C=O) groups is 1. The number of nitrogens with one attached hydrogen (secondary N) is 1. The number of thiazole rings is 1. The summed E-state index contributed by atoms with van der Waals surface area (Å²) in [5.74, 6) is 0.894. The third-order valence-electron chi connectivity index (χ3n) is 4.35. The summed E-state index contributed by atoms with van der Waals surface area (Å²) in [6, 6.07) is 4.91. The van der Waals surface area contributed by atoms with Crippen molar-refractivity contribution in [1.82, 2.24) is 10.3 Å². The predicted octanol–water partition coefficient (Wildman–Crippen LogP) is 3.99. The highest BCUT2D eigenvalue weighted by Gasteiger charge is 2.22. The van der Waals surface area contributed by atoms with Crippen LogP contribution in [0.3, 0.4) is 0 Å². The number of benzene rings is 1. The van der Waals surface area contributed by atoms with Gasteiger partial charge in [-0.2, -0.15) is 0 Å². The largest absolute Gasteiger partial charge is 0.352 e. The van der Waals surface area contributed by atoms with Crippen molar-refractivity contribution in [2.45, 2.75) is 43.0 Å². The third-order valence-corrected chi connectivity index (χ3v) is 6.51. The number of carbonyl (C=O) groups excluding carboxylic acids is 1. The van der Waals surface area contributed by atoms with Crippen LogP contribution in [0.25, 0.3) is 10.2 Å². The molecule has 6 nitrogen and oxygen atoms in total. The minimum atomic E-state index is -0.412. The Bertz CT molecular complexity index is 762. The van der Waals surface area contributed by atoms with E-state index < -0.39 is 4.92 Å². The van der Waals surface area contributed by atoms with Gasteiger partial charge in [-0.1, -0.05) is 31.5 Å². The molecule has 0 aliphatic heterocycles. The van der Waals surface area contributed by atoms with Gasteiger partial charge in [0.25, 0.3) is 5.69 Å². The second-order valence-corrected chi connectivity index (χ2v) is 8.37. The average molecular weight is 365 g/mol. The van der Waals surface area contributed by atoms with Crippen LogP contribution in [0, 0.1) is 16.0 Å². The molecule has 1 saturated carbocycles. The molecule has 3 rings (SSSR count). The molecule has 0 unspecified atom stereocenters. The van der Waals surface area contributed by atoms with Gasteiger partial charge in [0.1, 0.15) is 0 Å². The third kappa shape index (κ3) is 4.05. The van der Waals surface area contributed by atoms with E-state index in [9.17, 15) is 14.9 Å². The average Bonchev–Trinajstić information content (AvgIpc) is 2.97. The highest BCUT2D eigenvalue weighted by molar-refractivity contribution is 8.01. The van der Waals surface area contributed by atoms with E-state index in [0.717, 1.165) is 21.0 Å². The van der Waals surface area contributed by atoms with E-state index in [2.05, 4.69) is 17.2 Å². The van der Waals surface area contributed by atoms with Gasteiger partial charge in [-0.3, -0.25) is 14.9 Å². The van der Waals surface area contributed by atoms with Crippen molar-refractivity contribution < 1.29 is 9.72 Å². The maximum atomic E-state index is 12.1. The van der Waals surface area contributed by atoms with E-state index in [1.807, 2.05) is 0 Å². The lowest BCUT2D eigenvalue weighted by atomic mass is 9.86. The van der Waals surface area contributed by atoms with Gasteiger partial charge >= 0.3 is 0 Å². The summed E-state index contributed by atoms with van der Waals surface area (Å²) in [4.78, 5) is 27.0. The van der Waals surface area contributed by atoms with Gasteiger partial charge < -0.3 is 5.32 Å². The fraction of sp³-hybridized carbons (Fsp3) is 0.500. The summed E-state index contributed by atoms with van der Waals surface area (Å²) in [5.41, 5.74) is 0.793. The molecule has 1 aromatic carbocycles. The topological polar surface area (TPSA) is 85.1 Å². The van der Waals surface area contributed by atoms with Crippen molar-refractivity contribution in [2.24, 2.45) is 5.92 Å².